The largest absolute Gasteiger partial charge is 0.573 e. The molecule has 8 nitrogen and oxygen atoms in total. The first-order chi connectivity index (χ1) is 15.0. The molecule has 0 unspecified atom stereocenters. The Kier molecular flexibility index (Phi) is 6.37. The van der Waals surface area contributed by atoms with Gasteiger partial charge in [-0.05, 0) is 30.5 Å². The number of aromatic nitrogens is 3. The summed E-state index contributed by atoms with van der Waals surface area (Å²) >= 11 is 0. The van der Waals surface area contributed by atoms with Crippen molar-refractivity contribution in [3.8, 4) is 5.75 Å². The van der Waals surface area contributed by atoms with Gasteiger partial charge < -0.3 is 10.1 Å². The lowest BCUT2D eigenvalue weighted by Crippen LogP contribution is -2.32. The average Bonchev–Trinajstić information content (AvgIpc) is 2.70. The molecule has 0 saturated carbocycles. The molecule has 0 atom stereocenters. The molecule has 0 aliphatic carbocycles. The Morgan fingerprint density at radius 2 is 1.94 bits per heavy atom. The molecular formula is C21H21F3N4O4. The highest BCUT2D eigenvalue weighted by atomic mass is 19.4. The third kappa shape index (κ3) is 4.82. The highest BCUT2D eigenvalue weighted by Crippen LogP contribution is 2.30. The molecule has 0 saturated heterocycles. The van der Waals surface area contributed by atoms with E-state index in [1.54, 1.807) is 0 Å². The van der Waals surface area contributed by atoms with E-state index in [0.717, 1.165) is 6.07 Å². The van der Waals surface area contributed by atoms with Crippen molar-refractivity contribution in [3.05, 3.63) is 62.4 Å². The average molecular weight is 450 g/mol. The van der Waals surface area contributed by atoms with Crippen molar-refractivity contribution in [2.24, 2.45) is 0 Å². The number of H-pyrrole nitrogens is 1. The van der Waals surface area contributed by atoms with Crippen molar-refractivity contribution in [2.45, 2.75) is 46.0 Å². The summed E-state index contributed by atoms with van der Waals surface area (Å²) in [6.45, 7) is 5.72. The highest BCUT2D eigenvalue weighted by Gasteiger charge is 2.32. The first kappa shape index (κ1) is 23.0. The van der Waals surface area contributed by atoms with Gasteiger partial charge in [-0.15, -0.1) is 13.2 Å². The minimum absolute atomic E-state index is 0.0387. The zero-order chi connectivity index (χ0) is 23.6. The topological polar surface area (TPSA) is 106 Å². The van der Waals surface area contributed by atoms with Crippen LogP contribution in [-0.4, -0.2) is 26.8 Å². The van der Waals surface area contributed by atoms with Crippen LogP contribution in [0.25, 0.3) is 11.0 Å². The second kappa shape index (κ2) is 8.85. The number of anilines is 1. The van der Waals surface area contributed by atoms with E-state index in [1.165, 1.54) is 28.8 Å². The van der Waals surface area contributed by atoms with Crippen LogP contribution < -0.4 is 21.3 Å². The lowest BCUT2D eigenvalue weighted by Gasteiger charge is -2.16. The van der Waals surface area contributed by atoms with Gasteiger partial charge in [-0.25, -0.2) is 9.78 Å². The van der Waals surface area contributed by atoms with Gasteiger partial charge in [-0.2, -0.15) is 0 Å². The van der Waals surface area contributed by atoms with Crippen LogP contribution in [-0.2, 0) is 6.54 Å². The number of benzene rings is 1. The lowest BCUT2D eigenvalue weighted by atomic mass is 10.0. The van der Waals surface area contributed by atoms with E-state index in [1.807, 2.05) is 20.8 Å². The van der Waals surface area contributed by atoms with Gasteiger partial charge in [0.05, 0.1) is 16.6 Å². The summed E-state index contributed by atoms with van der Waals surface area (Å²) in [6, 6.07) is 6.44. The van der Waals surface area contributed by atoms with E-state index in [4.69, 9.17) is 0 Å². The highest BCUT2D eigenvalue weighted by molar-refractivity contribution is 6.12. The zero-order valence-electron chi connectivity index (χ0n) is 17.5. The van der Waals surface area contributed by atoms with Gasteiger partial charge >= 0.3 is 12.1 Å². The molecule has 0 aliphatic rings. The summed E-state index contributed by atoms with van der Waals surface area (Å²) in [4.78, 5) is 44.6. The Morgan fingerprint density at radius 3 is 2.56 bits per heavy atom. The summed E-state index contributed by atoms with van der Waals surface area (Å²) in [5.74, 6) is -1.60. The van der Waals surface area contributed by atoms with E-state index in [2.05, 4.69) is 20.0 Å². The quantitative estimate of drug-likeness (QED) is 0.595. The number of rotatable bonds is 6. The molecule has 32 heavy (non-hydrogen) atoms. The molecule has 0 bridgehead atoms. The molecule has 0 fully saturated rings. The van der Waals surface area contributed by atoms with Crippen LogP contribution in [0.2, 0.25) is 0 Å². The minimum Gasteiger partial charge on any atom is -0.404 e. The molecule has 3 aromatic rings. The first-order valence-corrected chi connectivity index (χ1v) is 9.85. The first-order valence-electron chi connectivity index (χ1n) is 9.85. The van der Waals surface area contributed by atoms with Gasteiger partial charge in [-0.3, -0.25) is 19.1 Å². The molecule has 11 heteroatoms. The maximum Gasteiger partial charge on any atom is 0.573 e. The van der Waals surface area contributed by atoms with E-state index in [9.17, 15) is 27.6 Å². The van der Waals surface area contributed by atoms with E-state index < -0.39 is 29.3 Å². The second-order valence-electron chi connectivity index (χ2n) is 7.36. The van der Waals surface area contributed by atoms with Gasteiger partial charge in [0.25, 0.3) is 11.5 Å². The molecule has 2 heterocycles. The van der Waals surface area contributed by atoms with E-state index >= 15 is 0 Å². The third-order valence-electron chi connectivity index (χ3n) is 4.61. The predicted molar refractivity (Wildman–Crippen MR) is 112 cm³/mol. The molecule has 0 spiro atoms. The number of carbonyl (C=O) groups is 1. The SMILES string of the molecule is CCCn1c(=O)[nH]c(=O)c2c(C(=O)Nc3ccccc3OC(F)(F)F)cc(C(C)C)nc21. The summed E-state index contributed by atoms with van der Waals surface area (Å²) < 4.78 is 43.4. The number of nitrogens with zero attached hydrogens (tertiary/aromatic N) is 2. The van der Waals surface area contributed by atoms with Gasteiger partial charge in [0.15, 0.2) is 11.4 Å². The number of aryl methyl sites for hydroxylation is 1. The molecule has 0 radical (unpaired) electrons. The summed E-state index contributed by atoms with van der Waals surface area (Å²) in [5.41, 5.74) is -1.34. The molecule has 2 N–H and O–H groups in total. The number of hydrogen-bond acceptors (Lipinski definition) is 5. The number of pyridine rings is 1. The number of nitrogens with one attached hydrogen (secondary N) is 2. The van der Waals surface area contributed by atoms with Crippen molar-refractivity contribution in [2.75, 3.05) is 5.32 Å². The lowest BCUT2D eigenvalue weighted by molar-refractivity contribution is -0.274. The molecule has 3 rings (SSSR count). The van der Waals surface area contributed by atoms with E-state index in [0.29, 0.717) is 12.1 Å². The number of alkyl halides is 3. The number of ether oxygens (including phenoxy) is 1. The van der Waals surface area contributed by atoms with Crippen molar-refractivity contribution < 1.29 is 22.7 Å². The van der Waals surface area contributed by atoms with Crippen LogP contribution in [0.1, 0.15) is 49.2 Å². The summed E-state index contributed by atoms with van der Waals surface area (Å²) in [5, 5.41) is 2.24. The van der Waals surface area contributed by atoms with Crippen molar-refractivity contribution in [3.63, 3.8) is 0 Å². The number of para-hydroxylation sites is 2. The number of hydrogen-bond donors (Lipinski definition) is 2. The standard InChI is InChI=1S/C21H21F3N4O4/c1-4-9-28-17-16(19(30)27-20(28)31)12(10-14(25-17)11(2)3)18(29)26-13-7-5-6-8-15(13)32-21(22,23)24/h5-8,10-11H,4,9H2,1-3H3,(H,26,29)(H,27,30,31). The van der Waals surface area contributed by atoms with Crippen LogP contribution in [0, 0.1) is 0 Å². The molecule has 1 aromatic carbocycles. The predicted octanol–water partition coefficient (Wildman–Crippen LogP) is 3.77. The van der Waals surface area contributed by atoms with Gasteiger partial charge in [0.1, 0.15) is 0 Å². The Morgan fingerprint density at radius 1 is 1.25 bits per heavy atom. The molecular weight excluding hydrogens is 429 g/mol. The molecule has 0 aliphatic heterocycles. The Balaban J connectivity index is 2.19. The second-order valence-corrected chi connectivity index (χ2v) is 7.36. The number of carbonyl (C=O) groups excluding carboxylic acids is 1. The molecule has 170 valence electrons. The maximum atomic E-state index is 13.1. The fourth-order valence-electron chi connectivity index (χ4n) is 3.17. The van der Waals surface area contributed by atoms with E-state index in [-0.39, 0.29) is 34.7 Å². The van der Waals surface area contributed by atoms with Crippen LogP contribution in [0.15, 0.2) is 39.9 Å². The zero-order valence-corrected chi connectivity index (χ0v) is 17.5. The van der Waals surface area contributed by atoms with Crippen LogP contribution in [0.3, 0.4) is 0 Å². The van der Waals surface area contributed by atoms with Gasteiger partial charge in [0.2, 0.25) is 0 Å². The van der Waals surface area contributed by atoms with Crippen LogP contribution in [0.5, 0.6) is 5.75 Å². The fourth-order valence-corrected chi connectivity index (χ4v) is 3.17. The number of amides is 1. The van der Waals surface area contributed by atoms with Crippen molar-refractivity contribution in [1.82, 2.24) is 14.5 Å². The summed E-state index contributed by atoms with van der Waals surface area (Å²) in [6.07, 6.45) is -4.39. The van der Waals surface area contributed by atoms with Crippen molar-refractivity contribution >= 4 is 22.6 Å². The number of halogens is 3. The smallest absolute Gasteiger partial charge is 0.404 e. The Bertz CT molecular complexity index is 1280. The Hall–Kier alpha value is -3.63. The van der Waals surface area contributed by atoms with Gasteiger partial charge in [0, 0.05) is 12.2 Å². The minimum atomic E-state index is -4.96. The molecule has 1 amide bonds. The maximum absolute atomic E-state index is 13.1. The number of aromatic amines is 1. The third-order valence-corrected chi connectivity index (χ3v) is 4.61. The van der Waals surface area contributed by atoms with Gasteiger partial charge in [-0.1, -0.05) is 32.9 Å². The van der Waals surface area contributed by atoms with Crippen molar-refractivity contribution in [1.29, 1.82) is 0 Å². The monoisotopic (exact) mass is 450 g/mol. The Labute approximate surface area is 180 Å². The molecule has 2 aromatic heterocycles. The normalized spacial score (nSPS) is 11.7. The van der Waals surface area contributed by atoms with Crippen LogP contribution >= 0.6 is 0 Å². The number of fused-ring (bicyclic) bond motifs is 1. The summed E-state index contributed by atoms with van der Waals surface area (Å²) in [7, 11) is 0. The fraction of sp³-hybridized carbons (Fsp3) is 0.333. The van der Waals surface area contributed by atoms with Crippen LogP contribution in [0.4, 0.5) is 18.9 Å².